The molecule has 2 heterocycles. The number of aryl methyl sites for hydroxylation is 1. The van der Waals surface area contributed by atoms with Crippen molar-refractivity contribution in [3.63, 3.8) is 0 Å². The molecule has 0 fully saturated rings. The fourth-order valence-electron chi connectivity index (χ4n) is 2.61. The van der Waals surface area contributed by atoms with Gasteiger partial charge in [-0.1, -0.05) is 24.8 Å². The lowest BCUT2D eigenvalue weighted by Gasteiger charge is -2.04. The number of aromatic nitrogens is 4. The zero-order chi connectivity index (χ0) is 18.4. The van der Waals surface area contributed by atoms with E-state index in [1.807, 2.05) is 13.0 Å². The van der Waals surface area contributed by atoms with Crippen molar-refractivity contribution in [3.05, 3.63) is 23.8 Å². The van der Waals surface area contributed by atoms with Gasteiger partial charge < -0.3 is 15.0 Å². The third-order valence-electron chi connectivity index (χ3n) is 3.99. The summed E-state index contributed by atoms with van der Waals surface area (Å²) in [4.78, 5) is 19.6. The summed E-state index contributed by atoms with van der Waals surface area (Å²) in [6, 6.07) is 6.25. The lowest BCUT2D eigenvalue weighted by atomic mass is 10.1. The molecule has 2 aromatic heterocycles. The number of thioether (sulfide) groups is 1. The number of fused-ring (bicyclic) bond motifs is 3. The molecule has 26 heavy (non-hydrogen) atoms. The summed E-state index contributed by atoms with van der Waals surface area (Å²) in [5.41, 5.74) is 3.70. The predicted molar refractivity (Wildman–Crippen MR) is 103 cm³/mol. The van der Waals surface area contributed by atoms with Crippen LogP contribution in [0.5, 0.6) is 0 Å². The van der Waals surface area contributed by atoms with Gasteiger partial charge >= 0.3 is 0 Å². The topological polar surface area (TPSA) is 92.8 Å². The number of aromatic amines is 1. The Kier molecular flexibility index (Phi) is 6.40. The normalized spacial score (nSPS) is 11.3. The first kappa shape index (κ1) is 18.6. The second kappa shape index (κ2) is 8.95. The van der Waals surface area contributed by atoms with E-state index in [0.29, 0.717) is 30.6 Å². The van der Waals surface area contributed by atoms with Crippen LogP contribution in [0.25, 0.3) is 22.1 Å². The SMILES string of the molecule is CCOCCCNC(=O)CSc1nnc2c(n1)[nH]c1ccc(CC)cc12. The van der Waals surface area contributed by atoms with Crippen molar-refractivity contribution in [2.75, 3.05) is 25.5 Å². The first-order valence-electron chi connectivity index (χ1n) is 8.83. The molecule has 1 aromatic carbocycles. The molecule has 0 spiro atoms. The van der Waals surface area contributed by atoms with Gasteiger partial charge in [0.15, 0.2) is 5.65 Å². The van der Waals surface area contributed by atoms with Crippen LogP contribution in [-0.2, 0) is 16.0 Å². The Bertz CT molecular complexity index is 896. The standard InChI is InChI=1S/C18H23N5O2S/c1-3-12-6-7-14-13(10-12)16-17(20-14)21-18(23-22-16)26-11-15(24)19-8-5-9-25-4-2/h6-7,10H,3-5,8-9,11H2,1-2H3,(H,19,24)(H,20,21,23). The van der Waals surface area contributed by atoms with Crippen LogP contribution in [0.2, 0.25) is 0 Å². The highest BCUT2D eigenvalue weighted by molar-refractivity contribution is 7.99. The maximum absolute atomic E-state index is 11.9. The molecule has 0 aliphatic heterocycles. The Balaban J connectivity index is 1.60. The van der Waals surface area contributed by atoms with Crippen molar-refractivity contribution < 1.29 is 9.53 Å². The first-order valence-corrected chi connectivity index (χ1v) is 9.82. The lowest BCUT2D eigenvalue weighted by Crippen LogP contribution is -2.27. The number of benzene rings is 1. The molecule has 1 amide bonds. The molecule has 0 aliphatic carbocycles. The number of amides is 1. The molecule has 0 atom stereocenters. The molecule has 0 radical (unpaired) electrons. The maximum Gasteiger partial charge on any atom is 0.230 e. The van der Waals surface area contributed by atoms with Crippen molar-refractivity contribution in [1.82, 2.24) is 25.5 Å². The van der Waals surface area contributed by atoms with Gasteiger partial charge in [0, 0.05) is 30.7 Å². The second-order valence-electron chi connectivity index (χ2n) is 5.84. The number of nitrogens with one attached hydrogen (secondary N) is 2. The highest BCUT2D eigenvalue weighted by atomic mass is 32.2. The molecule has 0 unspecified atom stereocenters. The summed E-state index contributed by atoms with van der Waals surface area (Å²) in [6.07, 6.45) is 1.78. The minimum atomic E-state index is -0.0422. The van der Waals surface area contributed by atoms with Crippen molar-refractivity contribution in [3.8, 4) is 0 Å². The van der Waals surface area contributed by atoms with Gasteiger partial charge in [0.05, 0.1) is 5.75 Å². The molecule has 0 bridgehead atoms. The van der Waals surface area contributed by atoms with Gasteiger partial charge in [0.1, 0.15) is 5.52 Å². The van der Waals surface area contributed by atoms with Crippen LogP contribution in [0.15, 0.2) is 23.4 Å². The average molecular weight is 373 g/mol. The largest absolute Gasteiger partial charge is 0.382 e. The van der Waals surface area contributed by atoms with Crippen LogP contribution in [0.1, 0.15) is 25.8 Å². The number of carbonyl (C=O) groups excluding carboxylic acids is 1. The van der Waals surface area contributed by atoms with Crippen molar-refractivity contribution in [1.29, 1.82) is 0 Å². The number of rotatable bonds is 9. The summed E-state index contributed by atoms with van der Waals surface area (Å²) in [5.74, 6) is 0.224. The molecular formula is C18H23N5O2S. The number of hydrogen-bond donors (Lipinski definition) is 2. The second-order valence-corrected chi connectivity index (χ2v) is 6.78. The van der Waals surface area contributed by atoms with Crippen LogP contribution < -0.4 is 5.32 Å². The molecule has 138 valence electrons. The fourth-order valence-corrected chi connectivity index (χ4v) is 3.23. The smallest absolute Gasteiger partial charge is 0.230 e. The molecule has 0 aliphatic rings. The molecule has 7 nitrogen and oxygen atoms in total. The molecule has 0 saturated heterocycles. The number of H-pyrrole nitrogens is 1. The zero-order valence-electron chi connectivity index (χ0n) is 15.0. The molecular weight excluding hydrogens is 350 g/mol. The van der Waals surface area contributed by atoms with E-state index in [-0.39, 0.29) is 11.7 Å². The van der Waals surface area contributed by atoms with Gasteiger partial charge in [-0.2, -0.15) is 0 Å². The van der Waals surface area contributed by atoms with Crippen LogP contribution in [0.3, 0.4) is 0 Å². The molecule has 3 aromatic rings. The molecule has 3 rings (SSSR count). The Morgan fingerprint density at radius 3 is 3.00 bits per heavy atom. The average Bonchev–Trinajstić information content (AvgIpc) is 3.03. The quantitative estimate of drug-likeness (QED) is 0.442. The third kappa shape index (κ3) is 4.50. The fraction of sp³-hybridized carbons (Fsp3) is 0.444. The molecule has 2 N–H and O–H groups in total. The Morgan fingerprint density at radius 1 is 1.31 bits per heavy atom. The number of hydrogen-bond acceptors (Lipinski definition) is 6. The number of ether oxygens (including phenoxy) is 1. The van der Waals surface area contributed by atoms with Crippen LogP contribution in [0, 0.1) is 0 Å². The van der Waals surface area contributed by atoms with Crippen LogP contribution in [0.4, 0.5) is 0 Å². The highest BCUT2D eigenvalue weighted by Crippen LogP contribution is 2.24. The Hall–Kier alpha value is -2.19. The van der Waals surface area contributed by atoms with E-state index in [4.69, 9.17) is 4.74 Å². The monoisotopic (exact) mass is 373 g/mol. The van der Waals surface area contributed by atoms with Crippen LogP contribution >= 0.6 is 11.8 Å². The Labute approximate surface area is 156 Å². The third-order valence-corrected chi connectivity index (χ3v) is 4.83. The molecule has 0 saturated carbocycles. The highest BCUT2D eigenvalue weighted by Gasteiger charge is 2.11. The van der Waals surface area contributed by atoms with Gasteiger partial charge in [0.2, 0.25) is 11.1 Å². The van der Waals surface area contributed by atoms with Crippen molar-refractivity contribution >= 4 is 39.7 Å². The minimum absolute atomic E-state index is 0.0422. The summed E-state index contributed by atoms with van der Waals surface area (Å²) in [6.45, 7) is 6.05. The van der Waals surface area contributed by atoms with E-state index < -0.39 is 0 Å². The summed E-state index contributed by atoms with van der Waals surface area (Å²) >= 11 is 1.28. The van der Waals surface area contributed by atoms with E-state index in [2.05, 4.69) is 44.5 Å². The summed E-state index contributed by atoms with van der Waals surface area (Å²) < 4.78 is 5.24. The predicted octanol–water partition coefficient (Wildman–Crippen LogP) is 2.70. The maximum atomic E-state index is 11.9. The van der Waals surface area contributed by atoms with Gasteiger partial charge in [0.25, 0.3) is 0 Å². The van der Waals surface area contributed by atoms with E-state index >= 15 is 0 Å². The summed E-state index contributed by atoms with van der Waals surface area (Å²) in [7, 11) is 0. The summed E-state index contributed by atoms with van der Waals surface area (Å²) in [5, 5.41) is 12.8. The van der Waals surface area contributed by atoms with Gasteiger partial charge in [-0.3, -0.25) is 4.79 Å². The van der Waals surface area contributed by atoms with Gasteiger partial charge in [-0.15, -0.1) is 10.2 Å². The zero-order valence-corrected chi connectivity index (χ0v) is 15.9. The van der Waals surface area contributed by atoms with Gasteiger partial charge in [-0.05, 0) is 37.5 Å². The first-order chi connectivity index (χ1) is 12.7. The van der Waals surface area contributed by atoms with E-state index in [1.54, 1.807) is 0 Å². The molecule has 8 heteroatoms. The van der Waals surface area contributed by atoms with Gasteiger partial charge in [-0.25, -0.2) is 4.98 Å². The van der Waals surface area contributed by atoms with Crippen molar-refractivity contribution in [2.45, 2.75) is 31.8 Å². The number of nitrogens with zero attached hydrogens (tertiary/aromatic N) is 3. The lowest BCUT2D eigenvalue weighted by molar-refractivity contribution is -0.118. The van der Waals surface area contributed by atoms with E-state index in [0.717, 1.165) is 29.3 Å². The van der Waals surface area contributed by atoms with E-state index in [1.165, 1.54) is 17.3 Å². The Morgan fingerprint density at radius 2 is 2.19 bits per heavy atom. The minimum Gasteiger partial charge on any atom is -0.382 e. The van der Waals surface area contributed by atoms with Crippen molar-refractivity contribution in [2.24, 2.45) is 0 Å². The van der Waals surface area contributed by atoms with Crippen LogP contribution in [-0.4, -0.2) is 51.6 Å². The van der Waals surface area contributed by atoms with E-state index in [9.17, 15) is 4.79 Å². The number of carbonyl (C=O) groups is 1.